The van der Waals surface area contributed by atoms with Crippen LogP contribution in [0.25, 0.3) is 0 Å². The SMILES string of the molecule is C[C@@H]1Cc2nn3c(c2CN1C(=O)Nc1ccc(F)c(C#N)c1)C(=O)N(C)N(C(=O)[C@]1(O)CCCN1)CC3. The van der Waals surface area contributed by atoms with Gasteiger partial charge < -0.3 is 15.3 Å². The number of amides is 4. The Bertz CT molecular complexity index is 1330. The lowest BCUT2D eigenvalue weighted by atomic mass is 9.99. The van der Waals surface area contributed by atoms with E-state index >= 15 is 0 Å². The Labute approximate surface area is 212 Å². The van der Waals surface area contributed by atoms with Crippen molar-refractivity contribution in [2.75, 3.05) is 25.5 Å². The van der Waals surface area contributed by atoms with E-state index in [1.807, 2.05) is 6.92 Å². The standard InChI is InChI=1S/C24H27FN8O4/c1-14-10-19-17(13-31(14)23(36)28-16-4-5-18(25)15(11-16)12-26)20-21(34)30(2)33(9-8-32(20)29-19)22(35)24(37)6-3-7-27-24/h4-5,11,14,27,37H,3,6-10,13H2,1-2H3,(H,28,36)/t14-,24-/m1/s1. The van der Waals surface area contributed by atoms with Crippen molar-refractivity contribution in [3.05, 3.63) is 46.5 Å². The van der Waals surface area contributed by atoms with Gasteiger partial charge in [0, 0.05) is 37.2 Å². The minimum absolute atomic E-state index is 0.100. The zero-order chi connectivity index (χ0) is 26.5. The number of fused-ring (bicyclic) bond motifs is 3. The van der Waals surface area contributed by atoms with Crippen LogP contribution in [0.3, 0.4) is 0 Å². The third kappa shape index (κ3) is 4.17. The molecule has 3 N–H and O–H groups in total. The number of nitrogens with zero attached hydrogens (tertiary/aromatic N) is 6. The van der Waals surface area contributed by atoms with E-state index in [9.17, 15) is 23.9 Å². The van der Waals surface area contributed by atoms with Gasteiger partial charge in [0.15, 0.2) is 5.72 Å². The van der Waals surface area contributed by atoms with Gasteiger partial charge in [0.2, 0.25) is 0 Å². The van der Waals surface area contributed by atoms with E-state index in [0.717, 1.165) is 6.07 Å². The number of nitrogens with one attached hydrogen (secondary N) is 2. The lowest BCUT2D eigenvalue weighted by Gasteiger charge is -2.35. The smallest absolute Gasteiger partial charge is 0.322 e. The van der Waals surface area contributed by atoms with Crippen LogP contribution in [0.2, 0.25) is 0 Å². The predicted octanol–water partition coefficient (Wildman–Crippen LogP) is 0.774. The number of anilines is 1. The number of halogens is 1. The number of urea groups is 1. The Morgan fingerprint density at radius 1 is 1.35 bits per heavy atom. The second kappa shape index (κ2) is 9.13. The van der Waals surface area contributed by atoms with Crippen molar-refractivity contribution in [1.29, 1.82) is 5.26 Å². The highest BCUT2D eigenvalue weighted by Gasteiger charge is 2.45. The van der Waals surface area contributed by atoms with E-state index in [1.54, 1.807) is 15.7 Å². The first-order valence-electron chi connectivity index (χ1n) is 12.1. The summed E-state index contributed by atoms with van der Waals surface area (Å²) < 4.78 is 15.2. The Balaban J connectivity index is 1.38. The molecular formula is C24H27FN8O4. The lowest BCUT2D eigenvalue weighted by Crippen LogP contribution is -2.59. The minimum atomic E-state index is -1.71. The van der Waals surface area contributed by atoms with Gasteiger partial charge in [-0.25, -0.2) is 19.2 Å². The predicted molar refractivity (Wildman–Crippen MR) is 127 cm³/mol. The quantitative estimate of drug-likeness (QED) is 0.541. The summed E-state index contributed by atoms with van der Waals surface area (Å²) in [4.78, 5) is 41.3. The number of hydrazine groups is 1. The summed E-state index contributed by atoms with van der Waals surface area (Å²) >= 11 is 0. The van der Waals surface area contributed by atoms with Gasteiger partial charge >= 0.3 is 6.03 Å². The minimum Gasteiger partial charge on any atom is -0.367 e. The normalized spacial score (nSPS) is 23.3. The topological polar surface area (TPSA) is 147 Å². The molecule has 1 aromatic heterocycles. The molecule has 1 aromatic carbocycles. The highest BCUT2D eigenvalue weighted by Crippen LogP contribution is 2.30. The Kier molecular flexibility index (Phi) is 6.09. The molecule has 0 aliphatic carbocycles. The first-order chi connectivity index (χ1) is 17.6. The molecule has 13 heteroatoms. The number of rotatable bonds is 2. The fourth-order valence-corrected chi connectivity index (χ4v) is 5.12. The molecule has 1 saturated heterocycles. The molecule has 37 heavy (non-hydrogen) atoms. The molecule has 4 heterocycles. The molecule has 2 aromatic rings. The van der Waals surface area contributed by atoms with Crippen LogP contribution in [0.1, 0.15) is 47.1 Å². The number of hydrogen-bond acceptors (Lipinski definition) is 7. The van der Waals surface area contributed by atoms with Crippen molar-refractivity contribution in [2.45, 2.75) is 51.0 Å². The summed E-state index contributed by atoms with van der Waals surface area (Å²) in [7, 11) is 1.48. The van der Waals surface area contributed by atoms with E-state index in [1.165, 1.54) is 29.2 Å². The van der Waals surface area contributed by atoms with Crippen LogP contribution in [0.5, 0.6) is 0 Å². The van der Waals surface area contributed by atoms with E-state index in [4.69, 9.17) is 5.26 Å². The van der Waals surface area contributed by atoms with Crippen LogP contribution < -0.4 is 10.6 Å². The van der Waals surface area contributed by atoms with Gasteiger partial charge in [-0.2, -0.15) is 10.4 Å². The summed E-state index contributed by atoms with van der Waals surface area (Å²) in [5.41, 5.74) is -0.0302. The fourth-order valence-electron chi connectivity index (χ4n) is 5.12. The van der Waals surface area contributed by atoms with Gasteiger partial charge in [0.1, 0.15) is 17.6 Å². The first-order valence-corrected chi connectivity index (χ1v) is 12.1. The third-order valence-corrected chi connectivity index (χ3v) is 7.19. The van der Waals surface area contributed by atoms with Crippen LogP contribution in [-0.2, 0) is 24.3 Å². The molecule has 1 fully saturated rings. The second-order valence-electron chi connectivity index (χ2n) is 9.56. The number of benzene rings is 1. The maximum Gasteiger partial charge on any atom is 0.322 e. The molecule has 2 atom stereocenters. The molecule has 5 rings (SSSR count). The Morgan fingerprint density at radius 3 is 2.84 bits per heavy atom. The maximum absolute atomic E-state index is 13.7. The molecule has 3 aliphatic heterocycles. The second-order valence-corrected chi connectivity index (χ2v) is 9.56. The monoisotopic (exact) mass is 510 g/mol. The largest absolute Gasteiger partial charge is 0.367 e. The molecule has 0 saturated carbocycles. The van der Waals surface area contributed by atoms with Gasteiger partial charge in [-0.1, -0.05) is 0 Å². The van der Waals surface area contributed by atoms with Gasteiger partial charge in [-0.3, -0.25) is 19.6 Å². The van der Waals surface area contributed by atoms with Gasteiger partial charge in [0.05, 0.1) is 30.9 Å². The number of hydrogen-bond donors (Lipinski definition) is 3. The highest BCUT2D eigenvalue weighted by atomic mass is 19.1. The summed E-state index contributed by atoms with van der Waals surface area (Å²) in [6.07, 6.45) is 1.32. The van der Waals surface area contributed by atoms with Crippen molar-refractivity contribution in [3.63, 3.8) is 0 Å². The molecule has 0 bridgehead atoms. The van der Waals surface area contributed by atoms with Gasteiger partial charge in [-0.15, -0.1) is 0 Å². The maximum atomic E-state index is 13.7. The Hall–Kier alpha value is -4.02. The van der Waals surface area contributed by atoms with Crippen LogP contribution >= 0.6 is 0 Å². The number of carbonyl (C=O) groups is 3. The zero-order valence-electron chi connectivity index (χ0n) is 20.5. The van der Waals surface area contributed by atoms with E-state index < -0.39 is 29.4 Å². The van der Waals surface area contributed by atoms with Crippen LogP contribution in [0.4, 0.5) is 14.9 Å². The average molecular weight is 511 g/mol. The molecule has 0 radical (unpaired) electrons. The van der Waals surface area contributed by atoms with E-state index in [0.29, 0.717) is 30.6 Å². The third-order valence-electron chi connectivity index (χ3n) is 7.19. The fraction of sp³-hybridized carbons (Fsp3) is 0.458. The van der Waals surface area contributed by atoms with E-state index in [2.05, 4.69) is 15.7 Å². The molecule has 4 amide bonds. The molecule has 194 valence electrons. The molecule has 3 aliphatic rings. The van der Waals surface area contributed by atoms with Gasteiger partial charge in [0.25, 0.3) is 11.8 Å². The summed E-state index contributed by atoms with van der Waals surface area (Å²) in [6, 6.07) is 4.79. The van der Waals surface area contributed by atoms with Crippen LogP contribution in [0.15, 0.2) is 18.2 Å². The highest BCUT2D eigenvalue weighted by molar-refractivity contribution is 5.97. The van der Waals surface area contributed by atoms with E-state index in [-0.39, 0.29) is 49.0 Å². The van der Waals surface area contributed by atoms with Crippen LogP contribution in [-0.4, -0.2) is 79.6 Å². The summed E-state index contributed by atoms with van der Waals surface area (Å²) in [5, 5.41) is 32.3. The lowest BCUT2D eigenvalue weighted by molar-refractivity contribution is -0.165. The number of nitriles is 1. The number of carbonyl (C=O) groups excluding carboxylic acids is 3. The molecule has 0 unspecified atom stereocenters. The van der Waals surface area contributed by atoms with Crippen molar-refractivity contribution < 1.29 is 23.9 Å². The molecular weight excluding hydrogens is 483 g/mol. The first kappa shape index (κ1) is 24.7. The Morgan fingerprint density at radius 2 is 2.14 bits per heavy atom. The van der Waals surface area contributed by atoms with Gasteiger partial charge in [-0.05, 0) is 38.1 Å². The number of aliphatic hydroxyl groups is 1. The summed E-state index contributed by atoms with van der Waals surface area (Å²) in [5.74, 6) is -1.73. The van der Waals surface area contributed by atoms with Crippen molar-refractivity contribution in [1.82, 2.24) is 30.0 Å². The van der Waals surface area contributed by atoms with Crippen LogP contribution in [0, 0.1) is 17.1 Å². The average Bonchev–Trinajstić information content (AvgIpc) is 3.44. The number of aromatic nitrogens is 2. The summed E-state index contributed by atoms with van der Waals surface area (Å²) in [6.45, 7) is 2.86. The zero-order valence-corrected chi connectivity index (χ0v) is 20.5. The van der Waals surface area contributed by atoms with Crippen molar-refractivity contribution >= 4 is 23.5 Å². The van der Waals surface area contributed by atoms with Crippen molar-refractivity contribution in [3.8, 4) is 6.07 Å². The molecule has 0 spiro atoms. The van der Waals surface area contributed by atoms with Crippen molar-refractivity contribution in [2.24, 2.45) is 0 Å². The molecule has 12 nitrogen and oxygen atoms in total.